The Hall–Kier alpha value is -2.73. The number of nitro benzene ring substituents is 1. The lowest BCUT2D eigenvalue weighted by molar-refractivity contribution is -0.385. The number of rotatable bonds is 6. The van der Waals surface area contributed by atoms with Crippen LogP contribution in [0.15, 0.2) is 48.5 Å². The Morgan fingerprint density at radius 3 is 2.46 bits per heavy atom. The summed E-state index contributed by atoms with van der Waals surface area (Å²) in [6.45, 7) is 1.51. The van der Waals surface area contributed by atoms with Gasteiger partial charge in [0.2, 0.25) is 0 Å². The van der Waals surface area contributed by atoms with Crippen LogP contribution in [-0.4, -0.2) is 34.5 Å². The Bertz CT molecular complexity index is 731. The number of benzene rings is 2. The van der Waals surface area contributed by atoms with Crippen LogP contribution in [-0.2, 0) is 0 Å². The van der Waals surface area contributed by atoms with Gasteiger partial charge in [0.25, 0.3) is 11.6 Å². The second-order valence-electron chi connectivity index (χ2n) is 5.56. The molecule has 0 aliphatic rings. The molecule has 1 N–H and O–H groups in total. The maximum atomic E-state index is 12.9. The second-order valence-corrected chi connectivity index (χ2v) is 5.56. The van der Waals surface area contributed by atoms with Crippen molar-refractivity contribution in [2.24, 2.45) is 0 Å². The van der Waals surface area contributed by atoms with Crippen molar-refractivity contribution in [2.75, 3.05) is 13.7 Å². The van der Waals surface area contributed by atoms with Crippen molar-refractivity contribution in [1.82, 2.24) is 4.90 Å². The van der Waals surface area contributed by atoms with Gasteiger partial charge < -0.3 is 10.0 Å². The fourth-order valence-electron chi connectivity index (χ4n) is 2.77. The van der Waals surface area contributed by atoms with Gasteiger partial charge in [-0.15, -0.1) is 0 Å². The van der Waals surface area contributed by atoms with Crippen LogP contribution in [0.2, 0.25) is 0 Å². The third-order valence-electron chi connectivity index (χ3n) is 4.11. The molecule has 6 nitrogen and oxygen atoms in total. The van der Waals surface area contributed by atoms with E-state index in [0.29, 0.717) is 17.5 Å². The lowest BCUT2D eigenvalue weighted by Crippen LogP contribution is -2.32. The van der Waals surface area contributed by atoms with Crippen LogP contribution in [0.5, 0.6) is 0 Å². The molecule has 2 aromatic rings. The van der Waals surface area contributed by atoms with Gasteiger partial charge in [-0.3, -0.25) is 14.9 Å². The van der Waals surface area contributed by atoms with Gasteiger partial charge in [0.05, 0.1) is 11.0 Å². The highest BCUT2D eigenvalue weighted by atomic mass is 16.6. The summed E-state index contributed by atoms with van der Waals surface area (Å²) < 4.78 is 0. The van der Waals surface area contributed by atoms with E-state index in [9.17, 15) is 20.0 Å². The maximum absolute atomic E-state index is 12.9. The number of aliphatic hydroxyl groups excluding tert-OH is 1. The first-order chi connectivity index (χ1) is 11.5. The monoisotopic (exact) mass is 328 g/mol. The summed E-state index contributed by atoms with van der Waals surface area (Å²) >= 11 is 0. The molecule has 0 aliphatic carbocycles. The van der Waals surface area contributed by atoms with Gasteiger partial charge in [-0.25, -0.2) is 0 Å². The quantitative estimate of drug-likeness (QED) is 0.652. The summed E-state index contributed by atoms with van der Waals surface area (Å²) in [7, 11) is 1.65. The zero-order valence-electron chi connectivity index (χ0n) is 13.7. The van der Waals surface area contributed by atoms with E-state index in [0.717, 1.165) is 5.56 Å². The molecule has 0 spiro atoms. The molecule has 2 rings (SSSR count). The minimum absolute atomic E-state index is 0.0644. The van der Waals surface area contributed by atoms with E-state index in [2.05, 4.69) is 0 Å². The van der Waals surface area contributed by atoms with E-state index < -0.39 is 4.92 Å². The number of carbonyl (C=O) groups is 1. The third-order valence-corrected chi connectivity index (χ3v) is 4.11. The van der Waals surface area contributed by atoms with E-state index in [1.807, 2.05) is 30.3 Å². The molecular formula is C18H20N2O4. The Morgan fingerprint density at radius 1 is 1.21 bits per heavy atom. The van der Waals surface area contributed by atoms with Crippen molar-refractivity contribution in [1.29, 1.82) is 0 Å². The van der Waals surface area contributed by atoms with Crippen molar-refractivity contribution in [2.45, 2.75) is 19.4 Å². The molecule has 126 valence electrons. The van der Waals surface area contributed by atoms with Crippen molar-refractivity contribution in [3.05, 3.63) is 75.3 Å². The zero-order chi connectivity index (χ0) is 17.7. The number of aliphatic hydroxyl groups is 1. The molecule has 0 aromatic heterocycles. The van der Waals surface area contributed by atoms with Crippen molar-refractivity contribution in [3.63, 3.8) is 0 Å². The van der Waals surface area contributed by atoms with Crippen molar-refractivity contribution in [3.8, 4) is 0 Å². The molecular weight excluding hydrogens is 308 g/mol. The number of carbonyl (C=O) groups excluding carboxylic acids is 1. The van der Waals surface area contributed by atoms with Crippen LogP contribution in [0.1, 0.15) is 33.9 Å². The third kappa shape index (κ3) is 3.60. The van der Waals surface area contributed by atoms with Gasteiger partial charge >= 0.3 is 0 Å². The minimum Gasteiger partial charge on any atom is -0.396 e. The SMILES string of the molecule is Cc1c(C(=O)N(C)C(CCO)c2ccccc2)cccc1[N+](=O)[O-]. The van der Waals surface area contributed by atoms with Gasteiger partial charge in [-0.2, -0.15) is 0 Å². The summed E-state index contributed by atoms with van der Waals surface area (Å²) in [6, 6.07) is 13.6. The zero-order valence-corrected chi connectivity index (χ0v) is 13.7. The van der Waals surface area contributed by atoms with Gasteiger partial charge in [0.1, 0.15) is 0 Å². The summed E-state index contributed by atoms with van der Waals surface area (Å²) in [5, 5.41) is 20.4. The Balaban J connectivity index is 2.37. The largest absolute Gasteiger partial charge is 0.396 e. The smallest absolute Gasteiger partial charge is 0.273 e. The Morgan fingerprint density at radius 2 is 1.88 bits per heavy atom. The van der Waals surface area contributed by atoms with Crippen LogP contribution in [0.4, 0.5) is 5.69 Å². The molecule has 1 atom stereocenters. The van der Waals surface area contributed by atoms with Crippen LogP contribution < -0.4 is 0 Å². The van der Waals surface area contributed by atoms with Gasteiger partial charge in [-0.1, -0.05) is 36.4 Å². The molecule has 0 saturated heterocycles. The average Bonchev–Trinajstić information content (AvgIpc) is 2.59. The number of nitro groups is 1. The lowest BCUT2D eigenvalue weighted by Gasteiger charge is -2.28. The lowest BCUT2D eigenvalue weighted by atomic mass is 10.00. The fourth-order valence-corrected chi connectivity index (χ4v) is 2.77. The first-order valence-corrected chi connectivity index (χ1v) is 7.64. The van der Waals surface area contributed by atoms with E-state index in [1.165, 1.54) is 17.0 Å². The summed E-state index contributed by atoms with van der Waals surface area (Å²) in [5.41, 5.74) is 1.47. The van der Waals surface area contributed by atoms with Gasteiger partial charge in [0.15, 0.2) is 0 Å². The van der Waals surface area contributed by atoms with Crippen molar-refractivity contribution < 1.29 is 14.8 Å². The first kappa shape index (κ1) is 17.6. The number of amides is 1. The fraction of sp³-hybridized carbons (Fsp3) is 0.278. The molecule has 0 heterocycles. The predicted molar refractivity (Wildman–Crippen MR) is 90.8 cm³/mol. The molecule has 0 saturated carbocycles. The van der Waals surface area contributed by atoms with Gasteiger partial charge in [0, 0.05) is 30.8 Å². The molecule has 0 radical (unpaired) electrons. The van der Waals surface area contributed by atoms with Crippen LogP contribution in [0.3, 0.4) is 0 Å². The minimum atomic E-state index is -0.492. The molecule has 1 unspecified atom stereocenters. The van der Waals surface area contributed by atoms with Crippen LogP contribution >= 0.6 is 0 Å². The normalized spacial score (nSPS) is 11.8. The number of nitrogens with zero attached hydrogens (tertiary/aromatic N) is 2. The highest BCUT2D eigenvalue weighted by Crippen LogP contribution is 2.27. The first-order valence-electron chi connectivity index (χ1n) is 7.64. The van der Waals surface area contributed by atoms with E-state index >= 15 is 0 Å². The van der Waals surface area contributed by atoms with Crippen LogP contribution in [0.25, 0.3) is 0 Å². The van der Waals surface area contributed by atoms with Crippen LogP contribution in [0, 0.1) is 17.0 Å². The number of hydrogen-bond acceptors (Lipinski definition) is 4. The Kier molecular flexibility index (Phi) is 5.65. The molecule has 1 amide bonds. The summed E-state index contributed by atoms with van der Waals surface area (Å²) in [5.74, 6) is -0.307. The maximum Gasteiger partial charge on any atom is 0.273 e. The molecule has 6 heteroatoms. The molecule has 0 aliphatic heterocycles. The summed E-state index contributed by atoms with van der Waals surface area (Å²) in [6.07, 6.45) is 0.389. The predicted octanol–water partition coefficient (Wildman–Crippen LogP) is 3.10. The highest BCUT2D eigenvalue weighted by Gasteiger charge is 2.25. The Labute approximate surface area is 140 Å². The number of hydrogen-bond donors (Lipinski definition) is 1. The topological polar surface area (TPSA) is 83.7 Å². The average molecular weight is 328 g/mol. The standard InChI is InChI=1S/C18H20N2O4/c1-13-15(9-6-10-16(13)20(23)24)18(22)19(2)17(11-12-21)14-7-4-3-5-8-14/h3-10,17,21H,11-12H2,1-2H3. The molecule has 0 fully saturated rings. The van der Waals surface area contributed by atoms with E-state index in [-0.39, 0.29) is 24.2 Å². The molecule has 24 heavy (non-hydrogen) atoms. The molecule has 0 bridgehead atoms. The van der Waals surface area contributed by atoms with E-state index in [4.69, 9.17) is 0 Å². The van der Waals surface area contributed by atoms with Crippen molar-refractivity contribution >= 4 is 11.6 Å². The van der Waals surface area contributed by atoms with E-state index in [1.54, 1.807) is 20.0 Å². The second kappa shape index (κ2) is 7.70. The highest BCUT2D eigenvalue weighted by molar-refractivity contribution is 5.96. The van der Waals surface area contributed by atoms with Gasteiger partial charge in [-0.05, 0) is 25.0 Å². The summed E-state index contributed by atoms with van der Waals surface area (Å²) in [4.78, 5) is 25.0. The molecule has 2 aromatic carbocycles.